The van der Waals surface area contributed by atoms with Gasteiger partial charge in [-0.25, -0.2) is 0 Å². The van der Waals surface area contributed by atoms with Crippen LogP contribution in [0.2, 0.25) is 0 Å². The van der Waals surface area contributed by atoms with Crippen LogP contribution in [0.25, 0.3) is 0 Å². The third-order valence-electron chi connectivity index (χ3n) is 3.11. The molecular formula is C13H20O. The number of hydrogen-bond donors (Lipinski definition) is 1. The molecule has 14 heavy (non-hydrogen) atoms. The van der Waals surface area contributed by atoms with Gasteiger partial charge in [-0.3, -0.25) is 0 Å². The smallest absolute Gasteiger partial charge is 0.119 e. The molecule has 0 aliphatic heterocycles. The first kappa shape index (κ1) is 11.1. The molecule has 0 aromatic heterocycles. The Hall–Kier alpha value is -0.980. The van der Waals surface area contributed by atoms with E-state index in [2.05, 4.69) is 20.8 Å². The lowest BCUT2D eigenvalue weighted by Gasteiger charge is -2.22. The molecule has 0 saturated heterocycles. The van der Waals surface area contributed by atoms with Gasteiger partial charge in [0.15, 0.2) is 0 Å². The summed E-state index contributed by atoms with van der Waals surface area (Å²) in [7, 11) is 0. The zero-order valence-corrected chi connectivity index (χ0v) is 9.33. The predicted octanol–water partition coefficient (Wildman–Crippen LogP) is 3.93. The van der Waals surface area contributed by atoms with Crippen molar-refractivity contribution >= 4 is 0 Å². The third-order valence-corrected chi connectivity index (χ3v) is 3.11. The van der Waals surface area contributed by atoms with Crippen LogP contribution in [0.1, 0.15) is 45.1 Å². The van der Waals surface area contributed by atoms with Gasteiger partial charge in [0.05, 0.1) is 0 Å². The molecule has 0 radical (unpaired) electrons. The van der Waals surface area contributed by atoms with Crippen molar-refractivity contribution in [2.24, 2.45) is 5.92 Å². The number of aromatic hydroxyl groups is 1. The Labute approximate surface area is 86.8 Å². The van der Waals surface area contributed by atoms with Crippen LogP contribution in [-0.2, 0) is 0 Å². The fourth-order valence-electron chi connectivity index (χ4n) is 2.01. The van der Waals surface area contributed by atoms with Gasteiger partial charge in [0.2, 0.25) is 0 Å². The maximum Gasteiger partial charge on any atom is 0.119 e. The summed E-state index contributed by atoms with van der Waals surface area (Å²) < 4.78 is 0. The molecule has 0 amide bonds. The van der Waals surface area contributed by atoms with Crippen molar-refractivity contribution < 1.29 is 5.11 Å². The van der Waals surface area contributed by atoms with Crippen LogP contribution in [0.4, 0.5) is 0 Å². The first-order valence-electron chi connectivity index (χ1n) is 5.48. The monoisotopic (exact) mass is 192 g/mol. The molecule has 0 fully saturated rings. The quantitative estimate of drug-likeness (QED) is 0.766. The van der Waals surface area contributed by atoms with E-state index in [4.69, 9.17) is 0 Å². The molecule has 2 unspecified atom stereocenters. The Kier molecular flexibility index (Phi) is 3.99. The normalized spacial score (nSPS) is 15.1. The highest BCUT2D eigenvalue weighted by Crippen LogP contribution is 2.34. The van der Waals surface area contributed by atoms with Crippen molar-refractivity contribution in [3.8, 4) is 5.75 Å². The molecule has 0 aliphatic carbocycles. The average Bonchev–Trinajstić information content (AvgIpc) is 2.21. The van der Waals surface area contributed by atoms with Gasteiger partial charge in [0, 0.05) is 0 Å². The van der Waals surface area contributed by atoms with Crippen LogP contribution in [0.3, 0.4) is 0 Å². The third kappa shape index (κ3) is 2.28. The van der Waals surface area contributed by atoms with Gasteiger partial charge < -0.3 is 5.11 Å². The van der Waals surface area contributed by atoms with Gasteiger partial charge in [-0.2, -0.15) is 0 Å². The molecule has 0 saturated carbocycles. The van der Waals surface area contributed by atoms with E-state index in [1.165, 1.54) is 0 Å². The zero-order chi connectivity index (χ0) is 10.6. The molecular weight excluding hydrogens is 172 g/mol. The Morgan fingerprint density at radius 2 is 1.79 bits per heavy atom. The summed E-state index contributed by atoms with van der Waals surface area (Å²) in [5.74, 6) is 1.56. The van der Waals surface area contributed by atoms with Crippen LogP contribution in [-0.4, -0.2) is 5.11 Å². The molecule has 1 rings (SSSR count). The summed E-state index contributed by atoms with van der Waals surface area (Å²) in [6, 6.07) is 7.69. The second-order valence-electron chi connectivity index (χ2n) is 3.96. The van der Waals surface area contributed by atoms with Gasteiger partial charge in [0.1, 0.15) is 5.75 Å². The summed E-state index contributed by atoms with van der Waals surface area (Å²) >= 11 is 0. The number of para-hydroxylation sites is 1. The Balaban J connectivity index is 2.94. The summed E-state index contributed by atoms with van der Waals surface area (Å²) in [6.45, 7) is 6.64. The summed E-state index contributed by atoms with van der Waals surface area (Å²) in [6.07, 6.45) is 2.25. The number of rotatable bonds is 4. The number of phenolic OH excluding ortho intramolecular Hbond substituents is 1. The molecule has 1 nitrogen and oxygen atoms in total. The van der Waals surface area contributed by atoms with Gasteiger partial charge in [-0.15, -0.1) is 0 Å². The molecule has 0 bridgehead atoms. The molecule has 1 aromatic rings. The average molecular weight is 192 g/mol. The van der Waals surface area contributed by atoms with Gasteiger partial charge in [-0.1, -0.05) is 45.4 Å². The molecule has 78 valence electrons. The lowest BCUT2D eigenvalue weighted by molar-refractivity contribution is 0.405. The van der Waals surface area contributed by atoms with Gasteiger partial charge >= 0.3 is 0 Å². The molecule has 0 spiro atoms. The number of benzene rings is 1. The van der Waals surface area contributed by atoms with Crippen molar-refractivity contribution in [3.63, 3.8) is 0 Å². The van der Waals surface area contributed by atoms with Crippen molar-refractivity contribution in [2.75, 3.05) is 0 Å². The van der Waals surface area contributed by atoms with Gasteiger partial charge in [-0.05, 0) is 29.9 Å². The van der Waals surface area contributed by atoms with Crippen LogP contribution in [0.15, 0.2) is 24.3 Å². The first-order valence-corrected chi connectivity index (χ1v) is 5.48. The first-order chi connectivity index (χ1) is 6.70. The molecule has 1 N–H and O–H groups in total. The van der Waals surface area contributed by atoms with E-state index >= 15 is 0 Å². The Morgan fingerprint density at radius 3 is 2.29 bits per heavy atom. The second-order valence-corrected chi connectivity index (χ2v) is 3.96. The van der Waals surface area contributed by atoms with E-state index in [0.29, 0.717) is 17.6 Å². The minimum absolute atomic E-state index is 0.444. The minimum Gasteiger partial charge on any atom is -0.508 e. The van der Waals surface area contributed by atoms with Crippen LogP contribution < -0.4 is 0 Å². The van der Waals surface area contributed by atoms with E-state index in [0.717, 1.165) is 18.4 Å². The topological polar surface area (TPSA) is 20.2 Å². The largest absolute Gasteiger partial charge is 0.508 e. The molecule has 2 atom stereocenters. The second kappa shape index (κ2) is 5.04. The Bertz CT molecular complexity index is 280. The summed E-state index contributed by atoms with van der Waals surface area (Å²) in [4.78, 5) is 0. The predicted molar refractivity (Wildman–Crippen MR) is 60.6 cm³/mol. The van der Waals surface area contributed by atoms with Crippen molar-refractivity contribution in [2.45, 2.75) is 39.5 Å². The number of hydrogen-bond acceptors (Lipinski definition) is 1. The minimum atomic E-state index is 0.444. The fraction of sp³-hybridized carbons (Fsp3) is 0.538. The summed E-state index contributed by atoms with van der Waals surface area (Å²) in [5, 5.41) is 9.76. The van der Waals surface area contributed by atoms with E-state index in [1.807, 2.05) is 18.2 Å². The Morgan fingerprint density at radius 1 is 1.14 bits per heavy atom. The van der Waals surface area contributed by atoms with E-state index in [1.54, 1.807) is 6.07 Å². The van der Waals surface area contributed by atoms with E-state index in [9.17, 15) is 5.11 Å². The highest BCUT2D eigenvalue weighted by atomic mass is 16.3. The lowest BCUT2D eigenvalue weighted by atomic mass is 9.83. The van der Waals surface area contributed by atoms with Gasteiger partial charge in [0.25, 0.3) is 0 Å². The van der Waals surface area contributed by atoms with E-state index in [-0.39, 0.29) is 0 Å². The standard InChI is InChI=1S/C13H20O/c1-4-10(3)11(5-2)12-8-6-7-9-13(12)14/h6-11,14H,4-5H2,1-3H3. The highest BCUT2D eigenvalue weighted by Gasteiger charge is 2.18. The fourth-order valence-corrected chi connectivity index (χ4v) is 2.01. The van der Waals surface area contributed by atoms with Crippen molar-refractivity contribution in [3.05, 3.63) is 29.8 Å². The number of phenols is 1. The lowest BCUT2D eigenvalue weighted by Crippen LogP contribution is -2.08. The van der Waals surface area contributed by atoms with E-state index < -0.39 is 0 Å². The van der Waals surface area contributed by atoms with Crippen molar-refractivity contribution in [1.82, 2.24) is 0 Å². The molecule has 0 heterocycles. The SMILES string of the molecule is CCC(C)C(CC)c1ccccc1O. The van der Waals surface area contributed by atoms with Crippen LogP contribution in [0, 0.1) is 5.92 Å². The molecule has 1 heteroatoms. The van der Waals surface area contributed by atoms with Crippen LogP contribution in [0.5, 0.6) is 5.75 Å². The van der Waals surface area contributed by atoms with Crippen molar-refractivity contribution in [1.29, 1.82) is 0 Å². The summed E-state index contributed by atoms with van der Waals surface area (Å²) in [5.41, 5.74) is 1.10. The highest BCUT2D eigenvalue weighted by molar-refractivity contribution is 5.35. The zero-order valence-electron chi connectivity index (χ0n) is 9.33. The van der Waals surface area contributed by atoms with Crippen LogP contribution >= 0.6 is 0 Å². The molecule has 0 aliphatic rings. The molecule has 1 aromatic carbocycles. The maximum atomic E-state index is 9.76. The maximum absolute atomic E-state index is 9.76.